The Morgan fingerprint density at radius 1 is 0.968 bits per heavy atom. The molecule has 1 fully saturated rings. The van der Waals surface area contributed by atoms with Crippen LogP contribution in [0.3, 0.4) is 0 Å². The van der Waals surface area contributed by atoms with E-state index in [0.29, 0.717) is 25.3 Å². The van der Waals surface area contributed by atoms with E-state index in [1.165, 1.54) is 5.56 Å². The maximum absolute atomic E-state index is 12.5. The average molecular weight is 415 g/mol. The Labute approximate surface area is 181 Å². The first-order valence-electron chi connectivity index (χ1n) is 10.4. The number of hydrogen-bond donors (Lipinski definition) is 1. The van der Waals surface area contributed by atoms with Gasteiger partial charge in [0.2, 0.25) is 5.91 Å². The van der Waals surface area contributed by atoms with Crippen molar-refractivity contribution in [2.24, 2.45) is 11.8 Å². The van der Waals surface area contributed by atoms with Crippen molar-refractivity contribution in [2.45, 2.75) is 20.3 Å². The zero-order chi connectivity index (χ0) is 22.0. The molecule has 31 heavy (non-hydrogen) atoms. The minimum absolute atomic E-state index is 0.0107. The fourth-order valence-electron chi connectivity index (χ4n) is 3.73. The Morgan fingerprint density at radius 2 is 1.55 bits per heavy atom. The van der Waals surface area contributed by atoms with Crippen LogP contribution in [0.15, 0.2) is 60.9 Å². The van der Waals surface area contributed by atoms with Gasteiger partial charge < -0.3 is 10.0 Å². The molecule has 158 valence electrons. The Balaban J connectivity index is 1.37. The third kappa shape index (κ3) is 4.63. The van der Waals surface area contributed by atoms with Gasteiger partial charge in [0.15, 0.2) is 5.82 Å². The summed E-state index contributed by atoms with van der Waals surface area (Å²) in [5.41, 5.74) is 5.25. The summed E-state index contributed by atoms with van der Waals surface area (Å²) in [6.07, 6.45) is 4.28. The second kappa shape index (κ2) is 8.68. The van der Waals surface area contributed by atoms with Crippen molar-refractivity contribution in [3.05, 3.63) is 72.1 Å². The summed E-state index contributed by atoms with van der Waals surface area (Å²) in [4.78, 5) is 34.0. The lowest BCUT2D eigenvalue weighted by atomic mass is 9.94. The first-order valence-corrected chi connectivity index (χ1v) is 10.4. The van der Waals surface area contributed by atoms with Gasteiger partial charge in [-0.25, -0.2) is 9.97 Å². The molecule has 1 saturated heterocycles. The average Bonchev–Trinajstić information content (AvgIpc) is 2.73. The molecule has 0 spiro atoms. The topological polar surface area (TPSA) is 83.4 Å². The number of benzene rings is 2. The molecule has 6 heteroatoms. The fraction of sp³-hybridized carbons (Fsp3) is 0.280. The molecule has 2 heterocycles. The number of rotatable bonds is 6. The highest BCUT2D eigenvalue weighted by Crippen LogP contribution is 2.23. The fourth-order valence-corrected chi connectivity index (χ4v) is 3.73. The molecule has 2 aromatic carbocycles. The maximum atomic E-state index is 12.5. The minimum Gasteiger partial charge on any atom is -0.481 e. The molecule has 1 amide bonds. The predicted molar refractivity (Wildman–Crippen MR) is 118 cm³/mol. The van der Waals surface area contributed by atoms with Crippen LogP contribution < -0.4 is 0 Å². The van der Waals surface area contributed by atoms with E-state index in [-0.39, 0.29) is 11.8 Å². The maximum Gasteiger partial charge on any atom is 0.310 e. The van der Waals surface area contributed by atoms with E-state index in [4.69, 9.17) is 5.11 Å². The Kier molecular flexibility index (Phi) is 5.80. The molecule has 1 aliphatic rings. The Bertz CT molecular complexity index is 1070. The van der Waals surface area contributed by atoms with Crippen molar-refractivity contribution in [3.63, 3.8) is 0 Å². The van der Waals surface area contributed by atoms with Crippen molar-refractivity contribution in [2.75, 3.05) is 13.1 Å². The number of hydrogen-bond acceptors (Lipinski definition) is 4. The molecule has 1 aromatic heterocycles. The van der Waals surface area contributed by atoms with Crippen molar-refractivity contribution in [3.8, 4) is 22.5 Å². The Hall–Kier alpha value is -3.54. The molecule has 1 aliphatic heterocycles. The molecule has 1 N–H and O–H groups in total. The second-order valence-corrected chi connectivity index (χ2v) is 8.24. The van der Waals surface area contributed by atoms with Crippen molar-refractivity contribution < 1.29 is 14.7 Å². The van der Waals surface area contributed by atoms with Crippen LogP contribution in [0.2, 0.25) is 0 Å². The highest BCUT2D eigenvalue weighted by molar-refractivity contribution is 5.82. The highest BCUT2D eigenvalue weighted by Gasteiger charge is 2.37. The predicted octanol–water partition coefficient (Wildman–Crippen LogP) is 3.84. The molecule has 0 saturated carbocycles. The van der Waals surface area contributed by atoms with Gasteiger partial charge in [0.1, 0.15) is 0 Å². The zero-order valence-corrected chi connectivity index (χ0v) is 17.7. The van der Waals surface area contributed by atoms with Gasteiger partial charge in [-0.3, -0.25) is 9.59 Å². The minimum atomic E-state index is -0.832. The van der Waals surface area contributed by atoms with Crippen LogP contribution >= 0.6 is 0 Å². The van der Waals surface area contributed by atoms with E-state index in [9.17, 15) is 9.59 Å². The van der Waals surface area contributed by atoms with E-state index in [0.717, 1.165) is 22.3 Å². The van der Waals surface area contributed by atoms with E-state index in [1.54, 1.807) is 4.90 Å². The van der Waals surface area contributed by atoms with Crippen LogP contribution in [-0.2, 0) is 16.0 Å². The summed E-state index contributed by atoms with van der Waals surface area (Å²) in [7, 11) is 0. The number of aromatic nitrogens is 2. The number of aliphatic carboxylic acids is 1. The summed E-state index contributed by atoms with van der Waals surface area (Å²) in [6, 6.07) is 16.2. The number of aryl methyl sites for hydroxylation is 1. The third-order valence-electron chi connectivity index (χ3n) is 5.75. The molecule has 6 nitrogen and oxygen atoms in total. The molecule has 3 aromatic rings. The lowest BCUT2D eigenvalue weighted by Gasteiger charge is -2.38. The zero-order valence-electron chi connectivity index (χ0n) is 17.7. The summed E-state index contributed by atoms with van der Waals surface area (Å²) >= 11 is 0. The van der Waals surface area contributed by atoms with Crippen molar-refractivity contribution in [1.29, 1.82) is 0 Å². The molecular formula is C25H25N3O3. The van der Waals surface area contributed by atoms with Gasteiger partial charge in [0.25, 0.3) is 0 Å². The van der Waals surface area contributed by atoms with Gasteiger partial charge in [-0.15, -0.1) is 0 Å². The normalized spacial score (nSPS) is 14.7. The van der Waals surface area contributed by atoms with Crippen LogP contribution in [0.4, 0.5) is 0 Å². The number of carbonyl (C=O) groups excluding carboxylic acids is 1. The van der Waals surface area contributed by atoms with E-state index >= 15 is 0 Å². The van der Waals surface area contributed by atoms with E-state index < -0.39 is 11.9 Å². The number of nitrogens with zero attached hydrogens (tertiary/aromatic N) is 3. The van der Waals surface area contributed by atoms with Gasteiger partial charge in [-0.05, 0) is 24.5 Å². The molecule has 0 unspecified atom stereocenters. The molecule has 0 radical (unpaired) electrons. The van der Waals surface area contributed by atoms with Gasteiger partial charge in [0, 0.05) is 42.5 Å². The summed E-state index contributed by atoms with van der Waals surface area (Å²) in [5.74, 6) is -0.775. The van der Waals surface area contributed by atoms with Crippen LogP contribution in [0.25, 0.3) is 22.5 Å². The summed E-state index contributed by atoms with van der Waals surface area (Å²) in [5, 5.41) is 8.96. The summed E-state index contributed by atoms with van der Waals surface area (Å²) < 4.78 is 0. The van der Waals surface area contributed by atoms with Crippen LogP contribution in [0.1, 0.15) is 18.1 Å². The largest absolute Gasteiger partial charge is 0.481 e. The number of carbonyl (C=O) groups is 2. The lowest BCUT2D eigenvalue weighted by Crippen LogP contribution is -2.54. The molecule has 4 rings (SSSR count). The smallest absolute Gasteiger partial charge is 0.310 e. The summed E-state index contributed by atoms with van der Waals surface area (Å²) in [6.45, 7) is 4.57. The Morgan fingerprint density at radius 3 is 2.13 bits per heavy atom. The molecule has 0 bridgehead atoms. The molecular weight excluding hydrogens is 390 g/mol. The van der Waals surface area contributed by atoms with Crippen molar-refractivity contribution >= 4 is 11.9 Å². The second-order valence-electron chi connectivity index (χ2n) is 8.24. The van der Waals surface area contributed by atoms with Gasteiger partial charge >= 0.3 is 5.97 Å². The van der Waals surface area contributed by atoms with Crippen molar-refractivity contribution in [1.82, 2.24) is 14.9 Å². The van der Waals surface area contributed by atoms with Crippen LogP contribution in [0.5, 0.6) is 0 Å². The first kappa shape index (κ1) is 20.7. The number of amides is 1. The van der Waals surface area contributed by atoms with Crippen LogP contribution in [0, 0.1) is 18.8 Å². The number of likely N-dealkylation sites (tertiary alicyclic amines) is 1. The highest BCUT2D eigenvalue weighted by atomic mass is 16.4. The van der Waals surface area contributed by atoms with Gasteiger partial charge in [-0.1, -0.05) is 61.0 Å². The number of carboxylic acid groups (broad SMARTS) is 1. The number of carboxylic acids is 1. The quantitative estimate of drug-likeness (QED) is 0.661. The standard InChI is InChI=1S/C25H25N3O3/c1-16-3-7-19(8-4-16)21-12-26-23(27-13-21)20-9-5-18(6-10-20)11-17(2)24(29)28-14-22(15-28)25(30)31/h3-10,12-13,17,22H,11,14-15H2,1-2H3,(H,30,31)/t17-/m0/s1. The molecule has 1 atom stereocenters. The lowest BCUT2D eigenvalue weighted by molar-refractivity contribution is -0.154. The van der Waals surface area contributed by atoms with E-state index in [2.05, 4.69) is 41.2 Å². The van der Waals surface area contributed by atoms with Crippen LogP contribution in [-0.4, -0.2) is 44.9 Å². The van der Waals surface area contributed by atoms with Gasteiger partial charge in [-0.2, -0.15) is 0 Å². The first-order chi connectivity index (χ1) is 14.9. The third-order valence-corrected chi connectivity index (χ3v) is 5.75. The monoisotopic (exact) mass is 415 g/mol. The van der Waals surface area contributed by atoms with E-state index in [1.807, 2.05) is 43.6 Å². The van der Waals surface area contributed by atoms with Gasteiger partial charge in [0.05, 0.1) is 5.92 Å². The SMILES string of the molecule is Cc1ccc(-c2cnc(-c3ccc(C[C@H](C)C(=O)N4CC(C(=O)O)C4)cc3)nc2)cc1. The molecule has 0 aliphatic carbocycles.